The van der Waals surface area contributed by atoms with Gasteiger partial charge in [0.15, 0.2) is 6.04 Å². The van der Waals surface area contributed by atoms with Gasteiger partial charge in [0.05, 0.1) is 12.1 Å². The molecule has 206 valence electrons. The van der Waals surface area contributed by atoms with Gasteiger partial charge in [-0.3, -0.25) is 14.4 Å². The smallest absolute Gasteiger partial charge is 0.328 e. The Hall–Kier alpha value is -3.41. The molecule has 0 saturated heterocycles. The molecule has 7 N–H and O–H groups in total. The van der Waals surface area contributed by atoms with Gasteiger partial charge in [-0.1, -0.05) is 60.7 Å². The molecule has 5 atom stereocenters. The number of thioether (sulfide) groups is 1. The highest BCUT2D eigenvalue weighted by Gasteiger charge is 2.32. The molecule has 0 aromatic heterocycles. The summed E-state index contributed by atoms with van der Waals surface area (Å²) < 4.78 is 0. The third-order valence-corrected chi connectivity index (χ3v) is 6.48. The Labute approximate surface area is 226 Å². The molecule has 2 aromatic rings. The third kappa shape index (κ3) is 10.2. The molecule has 10 nitrogen and oxygen atoms in total. The number of aliphatic carboxylic acids is 1. The molecule has 0 saturated carbocycles. The highest BCUT2D eigenvalue weighted by molar-refractivity contribution is 7.98. The van der Waals surface area contributed by atoms with Gasteiger partial charge in [0.1, 0.15) is 12.1 Å². The Morgan fingerprint density at radius 3 is 1.82 bits per heavy atom. The maximum atomic E-state index is 13.3. The van der Waals surface area contributed by atoms with Gasteiger partial charge in [-0.25, -0.2) is 4.79 Å². The number of nitrogens with two attached hydrogens (primary N) is 1. The molecule has 38 heavy (non-hydrogen) atoms. The van der Waals surface area contributed by atoms with Gasteiger partial charge in [-0.2, -0.15) is 11.8 Å². The van der Waals surface area contributed by atoms with E-state index in [1.54, 1.807) is 30.3 Å². The number of hydrogen-bond acceptors (Lipinski definition) is 7. The van der Waals surface area contributed by atoms with Crippen LogP contribution in [0.3, 0.4) is 0 Å². The monoisotopic (exact) mass is 544 g/mol. The van der Waals surface area contributed by atoms with Crippen LogP contribution < -0.4 is 21.7 Å². The second-order valence-electron chi connectivity index (χ2n) is 8.95. The van der Waals surface area contributed by atoms with Crippen LogP contribution in [0.15, 0.2) is 60.7 Å². The zero-order valence-corrected chi connectivity index (χ0v) is 22.3. The summed E-state index contributed by atoms with van der Waals surface area (Å²) in [7, 11) is 0. The van der Waals surface area contributed by atoms with E-state index in [0.717, 1.165) is 11.1 Å². The second-order valence-corrected chi connectivity index (χ2v) is 9.94. The fourth-order valence-corrected chi connectivity index (χ4v) is 4.19. The molecule has 0 heterocycles. The number of carbonyl (C=O) groups is 4. The summed E-state index contributed by atoms with van der Waals surface area (Å²) in [6.07, 6.45) is 1.16. The van der Waals surface area contributed by atoms with Crippen LogP contribution in [0.2, 0.25) is 0 Å². The van der Waals surface area contributed by atoms with E-state index in [9.17, 15) is 29.4 Å². The number of nitrogens with one attached hydrogen (secondary N) is 3. The Bertz CT molecular complexity index is 1050. The van der Waals surface area contributed by atoms with Crippen molar-refractivity contribution < 1.29 is 29.4 Å². The molecule has 0 spiro atoms. The van der Waals surface area contributed by atoms with Gasteiger partial charge in [-0.05, 0) is 42.9 Å². The van der Waals surface area contributed by atoms with E-state index >= 15 is 0 Å². The number of aliphatic hydroxyl groups excluding tert-OH is 1. The molecule has 0 bridgehead atoms. The van der Waals surface area contributed by atoms with Crippen LogP contribution >= 0.6 is 11.8 Å². The molecule has 0 aliphatic rings. The zero-order chi connectivity index (χ0) is 28.1. The lowest BCUT2D eigenvalue weighted by atomic mass is 10.0. The van der Waals surface area contributed by atoms with Crippen LogP contribution in [0.4, 0.5) is 0 Å². The first-order chi connectivity index (χ1) is 18.1. The van der Waals surface area contributed by atoms with Crippen molar-refractivity contribution in [3.8, 4) is 0 Å². The molecule has 0 aliphatic heterocycles. The summed E-state index contributed by atoms with van der Waals surface area (Å²) in [6, 6.07) is 13.6. The normalized spacial score (nSPS) is 14.8. The van der Waals surface area contributed by atoms with Crippen LogP contribution in [-0.4, -0.2) is 76.2 Å². The van der Waals surface area contributed by atoms with E-state index in [0.29, 0.717) is 18.6 Å². The van der Waals surface area contributed by atoms with Crippen molar-refractivity contribution in [3.63, 3.8) is 0 Å². The first-order valence-electron chi connectivity index (χ1n) is 12.3. The summed E-state index contributed by atoms with van der Waals surface area (Å²) in [5.41, 5.74) is 7.71. The lowest BCUT2D eigenvalue weighted by Crippen LogP contribution is -2.59. The maximum Gasteiger partial charge on any atom is 0.328 e. The topological polar surface area (TPSA) is 171 Å². The van der Waals surface area contributed by atoms with E-state index in [1.807, 2.05) is 36.6 Å². The van der Waals surface area contributed by atoms with Gasteiger partial charge >= 0.3 is 5.97 Å². The van der Waals surface area contributed by atoms with Crippen molar-refractivity contribution >= 4 is 35.5 Å². The third-order valence-electron chi connectivity index (χ3n) is 5.84. The first-order valence-corrected chi connectivity index (χ1v) is 13.7. The summed E-state index contributed by atoms with van der Waals surface area (Å²) in [5, 5.41) is 26.8. The largest absolute Gasteiger partial charge is 0.480 e. The maximum absolute atomic E-state index is 13.3. The van der Waals surface area contributed by atoms with E-state index in [4.69, 9.17) is 5.73 Å². The molecule has 11 heteroatoms. The number of hydrogen-bond donors (Lipinski definition) is 6. The fraction of sp³-hybridized carbons (Fsp3) is 0.407. The Balaban J connectivity index is 2.18. The molecule has 2 aromatic carbocycles. The standard InChI is InChI=1S/C27H36N4O6S/c1-17(32)23(27(36)37)31-26(35)22(16-19-11-7-4-8-12-19)30-25(34)21(13-14-38-2)29-24(33)20(28)15-18-9-5-3-6-10-18/h3-12,17,20-23,32H,13-16,28H2,1-2H3,(H,29,33)(H,30,34)(H,31,35)(H,36,37). The van der Waals surface area contributed by atoms with Crippen molar-refractivity contribution in [1.82, 2.24) is 16.0 Å². The van der Waals surface area contributed by atoms with Gasteiger partial charge in [0, 0.05) is 6.42 Å². The number of amides is 3. The zero-order valence-electron chi connectivity index (χ0n) is 21.5. The van der Waals surface area contributed by atoms with Gasteiger partial charge < -0.3 is 31.9 Å². The van der Waals surface area contributed by atoms with Crippen molar-refractivity contribution in [1.29, 1.82) is 0 Å². The quantitative estimate of drug-likeness (QED) is 0.188. The van der Waals surface area contributed by atoms with Crippen LogP contribution in [-0.2, 0) is 32.0 Å². The lowest BCUT2D eigenvalue weighted by molar-refractivity contribution is -0.145. The van der Waals surface area contributed by atoms with Crippen LogP contribution in [0, 0.1) is 0 Å². The molecule has 2 rings (SSSR count). The average Bonchev–Trinajstić information content (AvgIpc) is 2.89. The van der Waals surface area contributed by atoms with E-state index in [-0.39, 0.29) is 6.42 Å². The predicted molar refractivity (Wildman–Crippen MR) is 146 cm³/mol. The van der Waals surface area contributed by atoms with Crippen LogP contribution in [0.5, 0.6) is 0 Å². The number of aliphatic hydroxyl groups is 1. The minimum absolute atomic E-state index is 0.0707. The molecule has 3 amide bonds. The van der Waals surface area contributed by atoms with Crippen molar-refractivity contribution in [2.75, 3.05) is 12.0 Å². The van der Waals surface area contributed by atoms with Gasteiger partial charge in [0.25, 0.3) is 0 Å². The fourth-order valence-electron chi connectivity index (χ4n) is 3.72. The minimum atomic E-state index is -1.55. The molecule has 5 unspecified atom stereocenters. The van der Waals surface area contributed by atoms with Gasteiger partial charge in [0.2, 0.25) is 17.7 Å². The molecular weight excluding hydrogens is 508 g/mol. The second kappa shape index (κ2) is 15.8. The number of carboxylic acid groups (broad SMARTS) is 1. The molecule has 0 fully saturated rings. The highest BCUT2D eigenvalue weighted by Crippen LogP contribution is 2.08. The Morgan fingerprint density at radius 2 is 1.32 bits per heavy atom. The first kappa shape index (κ1) is 30.8. The van der Waals surface area contributed by atoms with Gasteiger partial charge in [-0.15, -0.1) is 0 Å². The van der Waals surface area contributed by atoms with Crippen molar-refractivity contribution in [3.05, 3.63) is 71.8 Å². The van der Waals surface area contributed by atoms with Crippen molar-refractivity contribution in [2.45, 2.75) is 56.5 Å². The van der Waals surface area contributed by atoms with E-state index in [1.165, 1.54) is 18.7 Å². The molecule has 0 aliphatic carbocycles. The predicted octanol–water partition coefficient (Wildman–Crippen LogP) is 0.472. The number of carbonyl (C=O) groups excluding carboxylic acids is 3. The number of benzene rings is 2. The Morgan fingerprint density at radius 1 is 0.816 bits per heavy atom. The average molecular weight is 545 g/mol. The number of carboxylic acids is 1. The summed E-state index contributed by atoms with van der Waals surface area (Å²) in [6.45, 7) is 1.25. The van der Waals surface area contributed by atoms with E-state index in [2.05, 4.69) is 16.0 Å². The SMILES string of the molecule is CSCCC(NC(=O)C(N)Cc1ccccc1)C(=O)NC(Cc1ccccc1)C(=O)NC(C(=O)O)C(C)O. The summed E-state index contributed by atoms with van der Waals surface area (Å²) in [4.78, 5) is 50.7. The molecular formula is C27H36N4O6S. The van der Waals surface area contributed by atoms with Crippen molar-refractivity contribution in [2.24, 2.45) is 5.73 Å². The minimum Gasteiger partial charge on any atom is -0.480 e. The van der Waals surface area contributed by atoms with Crippen LogP contribution in [0.25, 0.3) is 0 Å². The lowest BCUT2D eigenvalue weighted by Gasteiger charge is -2.26. The number of rotatable bonds is 15. The molecule has 0 radical (unpaired) electrons. The van der Waals surface area contributed by atoms with Crippen LogP contribution in [0.1, 0.15) is 24.5 Å². The highest BCUT2D eigenvalue weighted by atomic mass is 32.2. The Kier molecular flexibility index (Phi) is 12.8. The summed E-state index contributed by atoms with van der Waals surface area (Å²) >= 11 is 1.49. The van der Waals surface area contributed by atoms with E-state index < -0.39 is 54.0 Å². The summed E-state index contributed by atoms with van der Waals surface area (Å²) in [5.74, 6) is -2.72.